The Morgan fingerprint density at radius 3 is 2.67 bits per heavy atom. The number of hydrogen-bond donors (Lipinski definition) is 2. The monoisotopic (exact) mass is 310 g/mol. The second-order valence-electron chi connectivity index (χ2n) is 4.98. The minimum Gasteiger partial charge on any atom is -0.491 e. The van der Waals surface area contributed by atoms with E-state index in [1.807, 2.05) is 13.0 Å². The zero-order chi connectivity index (χ0) is 15.7. The van der Waals surface area contributed by atoms with E-state index in [1.165, 1.54) is 0 Å². The van der Waals surface area contributed by atoms with Crippen LogP contribution in [0.2, 0.25) is 0 Å². The summed E-state index contributed by atoms with van der Waals surface area (Å²) in [5.41, 5.74) is 0.576. The predicted octanol–water partition coefficient (Wildman–Crippen LogP) is 1.04. The lowest BCUT2D eigenvalue weighted by Gasteiger charge is -2.17. The number of nitrogens with one attached hydrogen (secondary N) is 1. The summed E-state index contributed by atoms with van der Waals surface area (Å²) in [7, 11) is -0.782. The Balaban J connectivity index is 2.22. The fourth-order valence-corrected chi connectivity index (χ4v) is 2.34. The lowest BCUT2D eigenvalue weighted by molar-refractivity contribution is 0.104. The van der Waals surface area contributed by atoms with Crippen LogP contribution in [0.3, 0.4) is 0 Å². The molecule has 116 valence electrons. The van der Waals surface area contributed by atoms with E-state index in [-0.39, 0.29) is 12.6 Å². The molecule has 6 heteroatoms. The average molecular weight is 310 g/mol. The SMILES string of the molecule is CC(CCS(C)=O)NCC(O)COc1ccc(C#N)cc1. The predicted molar refractivity (Wildman–Crippen MR) is 83.7 cm³/mol. The van der Waals surface area contributed by atoms with Crippen molar-refractivity contribution in [2.75, 3.05) is 25.2 Å². The summed E-state index contributed by atoms with van der Waals surface area (Å²) >= 11 is 0. The molecular formula is C15H22N2O3S. The Kier molecular flexibility index (Phi) is 7.98. The third-order valence-corrected chi connectivity index (χ3v) is 3.78. The van der Waals surface area contributed by atoms with E-state index in [0.29, 0.717) is 23.6 Å². The summed E-state index contributed by atoms with van der Waals surface area (Å²) in [4.78, 5) is 0. The van der Waals surface area contributed by atoms with Gasteiger partial charge in [-0.15, -0.1) is 0 Å². The molecule has 0 aliphatic rings. The Hall–Kier alpha value is -1.42. The van der Waals surface area contributed by atoms with Crippen LogP contribution in [0.5, 0.6) is 5.75 Å². The first kappa shape index (κ1) is 17.6. The van der Waals surface area contributed by atoms with Crippen LogP contribution in [0.25, 0.3) is 0 Å². The van der Waals surface area contributed by atoms with Crippen LogP contribution >= 0.6 is 0 Å². The van der Waals surface area contributed by atoms with Crippen molar-refractivity contribution in [2.45, 2.75) is 25.5 Å². The van der Waals surface area contributed by atoms with E-state index in [9.17, 15) is 9.32 Å². The van der Waals surface area contributed by atoms with Crippen molar-refractivity contribution in [1.29, 1.82) is 5.26 Å². The van der Waals surface area contributed by atoms with E-state index >= 15 is 0 Å². The molecule has 0 fully saturated rings. The highest BCUT2D eigenvalue weighted by Gasteiger charge is 2.08. The minimum absolute atomic E-state index is 0.186. The van der Waals surface area contributed by atoms with Crippen LogP contribution in [0.4, 0.5) is 0 Å². The van der Waals surface area contributed by atoms with Gasteiger partial charge in [-0.2, -0.15) is 5.26 Å². The highest BCUT2D eigenvalue weighted by molar-refractivity contribution is 7.84. The molecular weight excluding hydrogens is 288 g/mol. The quantitative estimate of drug-likeness (QED) is 0.712. The number of nitriles is 1. The number of benzene rings is 1. The van der Waals surface area contributed by atoms with Crippen LogP contribution in [0.1, 0.15) is 18.9 Å². The average Bonchev–Trinajstić information content (AvgIpc) is 2.49. The van der Waals surface area contributed by atoms with E-state index in [4.69, 9.17) is 10.00 Å². The number of rotatable bonds is 9. The molecule has 0 radical (unpaired) electrons. The molecule has 2 N–H and O–H groups in total. The summed E-state index contributed by atoms with van der Waals surface area (Å²) in [6.45, 7) is 2.61. The lowest BCUT2D eigenvalue weighted by Crippen LogP contribution is -2.37. The Labute approximate surface area is 128 Å². The highest BCUT2D eigenvalue weighted by Crippen LogP contribution is 2.11. The van der Waals surface area contributed by atoms with E-state index in [1.54, 1.807) is 30.5 Å². The first-order chi connectivity index (χ1) is 10.0. The van der Waals surface area contributed by atoms with Gasteiger partial charge in [0.2, 0.25) is 0 Å². The van der Waals surface area contributed by atoms with Crippen LogP contribution in [-0.4, -0.2) is 46.6 Å². The molecule has 1 aromatic carbocycles. The van der Waals surface area contributed by atoms with Crippen molar-refractivity contribution in [1.82, 2.24) is 5.32 Å². The maximum absolute atomic E-state index is 11.0. The van der Waals surface area contributed by atoms with Crippen molar-refractivity contribution in [3.05, 3.63) is 29.8 Å². The molecule has 3 unspecified atom stereocenters. The summed E-state index contributed by atoms with van der Waals surface area (Å²) < 4.78 is 16.4. The number of aliphatic hydroxyl groups is 1. The van der Waals surface area contributed by atoms with Gasteiger partial charge in [0.05, 0.1) is 11.6 Å². The lowest BCUT2D eigenvalue weighted by atomic mass is 10.2. The van der Waals surface area contributed by atoms with Gasteiger partial charge in [-0.3, -0.25) is 4.21 Å². The largest absolute Gasteiger partial charge is 0.491 e. The van der Waals surface area contributed by atoms with Gasteiger partial charge in [0.15, 0.2) is 0 Å². The smallest absolute Gasteiger partial charge is 0.119 e. The van der Waals surface area contributed by atoms with Gasteiger partial charge in [-0.25, -0.2) is 0 Å². The molecule has 0 spiro atoms. The standard InChI is InChI=1S/C15H22N2O3S/c1-12(7-8-21(2)19)17-10-14(18)11-20-15-5-3-13(9-16)4-6-15/h3-6,12,14,17-18H,7-8,10-11H2,1-2H3. The van der Waals surface area contributed by atoms with Crippen molar-refractivity contribution < 1.29 is 14.1 Å². The van der Waals surface area contributed by atoms with Gasteiger partial charge in [0, 0.05) is 35.4 Å². The van der Waals surface area contributed by atoms with E-state index in [0.717, 1.165) is 6.42 Å². The second-order valence-corrected chi connectivity index (χ2v) is 6.53. The fraction of sp³-hybridized carbons (Fsp3) is 0.533. The molecule has 1 rings (SSSR count). The van der Waals surface area contributed by atoms with Crippen LogP contribution < -0.4 is 10.1 Å². The third-order valence-electron chi connectivity index (χ3n) is 2.97. The fourth-order valence-electron chi connectivity index (χ4n) is 1.66. The molecule has 0 saturated heterocycles. The number of hydrogen-bond acceptors (Lipinski definition) is 5. The molecule has 0 saturated carbocycles. The van der Waals surface area contributed by atoms with E-state index < -0.39 is 16.9 Å². The Morgan fingerprint density at radius 2 is 2.10 bits per heavy atom. The topological polar surface area (TPSA) is 82.3 Å². The maximum atomic E-state index is 11.0. The van der Waals surface area contributed by atoms with Crippen molar-refractivity contribution in [3.63, 3.8) is 0 Å². The van der Waals surface area contributed by atoms with Gasteiger partial charge in [-0.1, -0.05) is 0 Å². The molecule has 5 nitrogen and oxygen atoms in total. The highest BCUT2D eigenvalue weighted by atomic mass is 32.2. The number of ether oxygens (including phenoxy) is 1. The zero-order valence-electron chi connectivity index (χ0n) is 12.4. The van der Waals surface area contributed by atoms with E-state index in [2.05, 4.69) is 5.32 Å². The second kappa shape index (κ2) is 9.50. The molecule has 0 aliphatic carbocycles. The molecule has 1 aromatic rings. The summed E-state index contributed by atoms with van der Waals surface area (Å²) in [6.07, 6.45) is 1.88. The van der Waals surface area contributed by atoms with Gasteiger partial charge >= 0.3 is 0 Å². The van der Waals surface area contributed by atoms with Gasteiger partial charge in [0.1, 0.15) is 18.5 Å². The zero-order valence-corrected chi connectivity index (χ0v) is 13.2. The third kappa shape index (κ3) is 7.81. The van der Waals surface area contributed by atoms with Crippen LogP contribution in [0.15, 0.2) is 24.3 Å². The normalized spacial score (nSPS) is 15.0. The summed E-state index contributed by atoms with van der Waals surface area (Å²) in [6, 6.07) is 9.00. The number of nitrogens with zero attached hydrogens (tertiary/aromatic N) is 1. The first-order valence-corrected chi connectivity index (χ1v) is 8.58. The van der Waals surface area contributed by atoms with Gasteiger partial charge < -0.3 is 15.2 Å². The molecule has 0 bridgehead atoms. The van der Waals surface area contributed by atoms with Crippen LogP contribution in [0, 0.1) is 11.3 Å². The van der Waals surface area contributed by atoms with Gasteiger partial charge in [-0.05, 0) is 37.6 Å². The minimum atomic E-state index is -0.782. The van der Waals surface area contributed by atoms with Gasteiger partial charge in [0.25, 0.3) is 0 Å². The van der Waals surface area contributed by atoms with Crippen molar-refractivity contribution in [2.24, 2.45) is 0 Å². The summed E-state index contributed by atoms with van der Waals surface area (Å²) in [5.74, 6) is 1.29. The molecule has 0 aromatic heterocycles. The van der Waals surface area contributed by atoms with Crippen LogP contribution in [-0.2, 0) is 10.8 Å². The molecule has 0 amide bonds. The summed E-state index contributed by atoms with van der Waals surface area (Å²) in [5, 5.41) is 21.7. The molecule has 21 heavy (non-hydrogen) atoms. The van der Waals surface area contributed by atoms with Crippen molar-refractivity contribution >= 4 is 10.8 Å². The molecule has 3 atom stereocenters. The molecule has 0 heterocycles. The van der Waals surface area contributed by atoms with Crippen molar-refractivity contribution in [3.8, 4) is 11.8 Å². The maximum Gasteiger partial charge on any atom is 0.119 e. The number of aliphatic hydroxyl groups excluding tert-OH is 1. The molecule has 0 aliphatic heterocycles. The first-order valence-electron chi connectivity index (χ1n) is 6.85. The Morgan fingerprint density at radius 1 is 1.43 bits per heavy atom. The Bertz CT molecular complexity index is 485.